The predicted octanol–water partition coefficient (Wildman–Crippen LogP) is 8.88. The Labute approximate surface area is 213 Å². The lowest BCUT2D eigenvalue weighted by Gasteiger charge is -2.21. The molecule has 0 aliphatic carbocycles. The van der Waals surface area contributed by atoms with Crippen molar-refractivity contribution in [1.82, 2.24) is 9.97 Å². The van der Waals surface area contributed by atoms with Gasteiger partial charge in [-0.25, -0.2) is 14.8 Å². The molecule has 5 nitrogen and oxygen atoms in total. The van der Waals surface area contributed by atoms with Crippen molar-refractivity contribution in [2.75, 3.05) is 0 Å². The van der Waals surface area contributed by atoms with E-state index in [1.165, 1.54) is 0 Å². The zero-order valence-electron chi connectivity index (χ0n) is 21.4. The standard InChI is InChI=1S/C31H36N2O3/c1-3-5-7-17-29(27-21-19-23-13-9-11-15-25(23)32-27)35-31(34)36-30(18-8-6-4-2)28-22-20-24-14-10-12-16-26(24)33-28/h9-16,19-22,29-30H,3-8,17-18H2,1-2H3. The van der Waals surface area contributed by atoms with Gasteiger partial charge in [0.25, 0.3) is 0 Å². The summed E-state index contributed by atoms with van der Waals surface area (Å²) in [7, 11) is 0. The van der Waals surface area contributed by atoms with E-state index in [9.17, 15) is 4.79 Å². The third-order valence-corrected chi connectivity index (χ3v) is 6.52. The third-order valence-electron chi connectivity index (χ3n) is 6.52. The SMILES string of the molecule is CCCCCC(OC(=O)OC(CCCCC)c1ccc2ccccc2n1)c1ccc2ccccc2n1. The number of aromatic nitrogens is 2. The van der Waals surface area contributed by atoms with Crippen LogP contribution in [0.5, 0.6) is 0 Å². The fourth-order valence-electron chi connectivity index (χ4n) is 4.48. The van der Waals surface area contributed by atoms with E-state index < -0.39 is 18.4 Å². The van der Waals surface area contributed by atoms with Crippen LogP contribution in [0.25, 0.3) is 21.8 Å². The number of carbonyl (C=O) groups is 1. The monoisotopic (exact) mass is 484 g/mol. The number of ether oxygens (including phenoxy) is 2. The zero-order valence-corrected chi connectivity index (χ0v) is 21.4. The molecule has 0 amide bonds. The Morgan fingerprint density at radius 3 is 1.53 bits per heavy atom. The normalized spacial score (nSPS) is 12.9. The molecule has 2 atom stereocenters. The van der Waals surface area contributed by atoms with Gasteiger partial charge in [-0.15, -0.1) is 0 Å². The average molecular weight is 485 g/mol. The van der Waals surface area contributed by atoms with Crippen molar-refractivity contribution in [3.63, 3.8) is 0 Å². The van der Waals surface area contributed by atoms with Crippen molar-refractivity contribution < 1.29 is 14.3 Å². The smallest absolute Gasteiger partial charge is 0.424 e. The van der Waals surface area contributed by atoms with Crippen LogP contribution < -0.4 is 0 Å². The molecule has 0 fully saturated rings. The van der Waals surface area contributed by atoms with Gasteiger partial charge in [0.1, 0.15) is 12.2 Å². The van der Waals surface area contributed by atoms with Gasteiger partial charge < -0.3 is 9.47 Å². The van der Waals surface area contributed by atoms with Crippen LogP contribution in [0, 0.1) is 0 Å². The minimum atomic E-state index is -0.664. The summed E-state index contributed by atoms with van der Waals surface area (Å²) in [6.45, 7) is 4.33. The highest BCUT2D eigenvalue weighted by Crippen LogP contribution is 2.29. The molecule has 0 radical (unpaired) electrons. The quantitative estimate of drug-likeness (QED) is 0.148. The molecular weight excluding hydrogens is 448 g/mol. The minimum Gasteiger partial charge on any atom is -0.424 e. The summed E-state index contributed by atoms with van der Waals surface area (Å²) < 4.78 is 11.9. The molecule has 0 aliphatic rings. The van der Waals surface area contributed by atoms with Crippen LogP contribution in [-0.4, -0.2) is 16.1 Å². The Balaban J connectivity index is 1.52. The lowest BCUT2D eigenvalue weighted by atomic mass is 10.1. The zero-order chi connectivity index (χ0) is 25.2. The van der Waals surface area contributed by atoms with Gasteiger partial charge in [0, 0.05) is 10.8 Å². The van der Waals surface area contributed by atoms with Crippen LogP contribution >= 0.6 is 0 Å². The highest BCUT2D eigenvalue weighted by atomic mass is 16.7. The second-order valence-corrected chi connectivity index (χ2v) is 9.31. The number of pyridine rings is 2. The molecule has 5 heteroatoms. The summed E-state index contributed by atoms with van der Waals surface area (Å²) >= 11 is 0. The van der Waals surface area contributed by atoms with Crippen LogP contribution in [-0.2, 0) is 9.47 Å². The van der Waals surface area contributed by atoms with Crippen LogP contribution in [0.2, 0.25) is 0 Å². The first-order chi connectivity index (χ1) is 17.7. The van der Waals surface area contributed by atoms with Crippen molar-refractivity contribution in [3.8, 4) is 0 Å². The maximum atomic E-state index is 13.1. The minimum absolute atomic E-state index is 0.450. The Bertz CT molecular complexity index is 1180. The van der Waals surface area contributed by atoms with Gasteiger partial charge in [-0.2, -0.15) is 0 Å². The van der Waals surface area contributed by atoms with E-state index in [2.05, 4.69) is 13.8 Å². The topological polar surface area (TPSA) is 61.3 Å². The van der Waals surface area contributed by atoms with Gasteiger partial charge in [0.05, 0.1) is 22.4 Å². The first-order valence-electron chi connectivity index (χ1n) is 13.3. The van der Waals surface area contributed by atoms with E-state index in [1.807, 2.05) is 72.8 Å². The average Bonchev–Trinajstić information content (AvgIpc) is 2.91. The Morgan fingerprint density at radius 2 is 1.08 bits per heavy atom. The molecular formula is C31H36N2O3. The number of hydrogen-bond acceptors (Lipinski definition) is 5. The summed E-state index contributed by atoms with van der Waals surface area (Å²) in [4.78, 5) is 22.7. The molecule has 4 aromatic rings. The van der Waals surface area contributed by atoms with Crippen molar-refractivity contribution in [3.05, 3.63) is 84.2 Å². The number of benzene rings is 2. The summed E-state index contributed by atoms with van der Waals surface area (Å²) in [6.07, 6.45) is 6.10. The Hall–Kier alpha value is -3.47. The molecule has 2 unspecified atom stereocenters. The fraction of sp³-hybridized carbons (Fsp3) is 0.387. The Morgan fingerprint density at radius 1 is 0.639 bits per heavy atom. The number of carbonyl (C=O) groups excluding carboxylic acids is 1. The van der Waals surface area contributed by atoms with Gasteiger partial charge in [-0.05, 0) is 49.9 Å². The van der Waals surface area contributed by atoms with Gasteiger partial charge >= 0.3 is 6.16 Å². The molecule has 4 rings (SSSR count). The molecule has 0 aliphatic heterocycles. The van der Waals surface area contributed by atoms with Gasteiger partial charge in [-0.3, -0.25) is 0 Å². The lowest BCUT2D eigenvalue weighted by Crippen LogP contribution is -2.18. The van der Waals surface area contributed by atoms with Crippen LogP contribution in [0.1, 0.15) is 88.8 Å². The molecule has 0 saturated heterocycles. The number of nitrogens with zero attached hydrogens (tertiary/aromatic N) is 2. The molecule has 188 valence electrons. The van der Waals surface area contributed by atoms with E-state index in [0.29, 0.717) is 12.8 Å². The summed E-state index contributed by atoms with van der Waals surface area (Å²) in [6, 6.07) is 23.9. The molecule has 0 saturated carbocycles. The molecule has 36 heavy (non-hydrogen) atoms. The molecule has 2 heterocycles. The number of rotatable bonds is 12. The van der Waals surface area contributed by atoms with Crippen molar-refractivity contribution in [2.45, 2.75) is 77.4 Å². The van der Waals surface area contributed by atoms with Gasteiger partial charge in [-0.1, -0.05) is 88.1 Å². The van der Waals surface area contributed by atoms with Crippen LogP contribution in [0.4, 0.5) is 4.79 Å². The van der Waals surface area contributed by atoms with Crippen molar-refractivity contribution in [2.24, 2.45) is 0 Å². The first kappa shape index (κ1) is 25.6. The molecule has 2 aromatic carbocycles. The first-order valence-corrected chi connectivity index (χ1v) is 13.3. The van der Waals surface area contributed by atoms with Crippen molar-refractivity contribution >= 4 is 28.0 Å². The van der Waals surface area contributed by atoms with Gasteiger partial charge in [0.15, 0.2) is 0 Å². The van der Waals surface area contributed by atoms with E-state index in [4.69, 9.17) is 19.4 Å². The van der Waals surface area contributed by atoms with E-state index in [0.717, 1.165) is 71.7 Å². The number of hydrogen-bond donors (Lipinski definition) is 0. The highest BCUT2D eigenvalue weighted by Gasteiger charge is 2.24. The molecule has 0 N–H and O–H groups in total. The second kappa shape index (κ2) is 13.0. The highest BCUT2D eigenvalue weighted by molar-refractivity contribution is 5.79. The fourth-order valence-corrected chi connectivity index (χ4v) is 4.48. The summed E-state index contributed by atoms with van der Waals surface area (Å²) in [5, 5.41) is 2.13. The Kier molecular flexibility index (Phi) is 9.26. The summed E-state index contributed by atoms with van der Waals surface area (Å²) in [5.41, 5.74) is 3.30. The number of para-hydroxylation sites is 2. The molecule has 2 aromatic heterocycles. The third kappa shape index (κ3) is 6.81. The van der Waals surface area contributed by atoms with E-state index >= 15 is 0 Å². The lowest BCUT2D eigenvalue weighted by molar-refractivity contribution is -0.0106. The molecule has 0 spiro atoms. The van der Waals surface area contributed by atoms with Crippen LogP contribution in [0.15, 0.2) is 72.8 Å². The van der Waals surface area contributed by atoms with E-state index in [1.54, 1.807) is 0 Å². The second-order valence-electron chi connectivity index (χ2n) is 9.31. The molecule has 0 bridgehead atoms. The van der Waals surface area contributed by atoms with E-state index in [-0.39, 0.29) is 0 Å². The predicted molar refractivity (Wildman–Crippen MR) is 145 cm³/mol. The number of fused-ring (bicyclic) bond motifs is 2. The van der Waals surface area contributed by atoms with Crippen molar-refractivity contribution in [1.29, 1.82) is 0 Å². The largest absolute Gasteiger partial charge is 0.509 e. The summed E-state index contributed by atoms with van der Waals surface area (Å²) in [5.74, 6) is 0. The van der Waals surface area contributed by atoms with Crippen LogP contribution in [0.3, 0.4) is 0 Å². The maximum Gasteiger partial charge on any atom is 0.509 e. The van der Waals surface area contributed by atoms with Gasteiger partial charge in [0.2, 0.25) is 0 Å². The number of unbranched alkanes of at least 4 members (excludes halogenated alkanes) is 4. The maximum absolute atomic E-state index is 13.1.